The van der Waals surface area contributed by atoms with E-state index in [2.05, 4.69) is 9.97 Å². The number of benzene rings is 2. The van der Waals surface area contributed by atoms with Crippen molar-refractivity contribution >= 4 is 28.8 Å². The number of methoxy groups -OCH3 is 2. The Hall–Kier alpha value is -2.91. The van der Waals surface area contributed by atoms with Gasteiger partial charge in [-0.25, -0.2) is 9.78 Å². The molecule has 0 spiro atoms. The molecule has 0 atom stereocenters. The fraction of sp³-hybridized carbons (Fsp3) is 0.263. The van der Waals surface area contributed by atoms with Crippen molar-refractivity contribution in [2.24, 2.45) is 0 Å². The van der Waals surface area contributed by atoms with E-state index < -0.39 is 5.97 Å². The number of hydrogen-bond donors (Lipinski definition) is 2. The van der Waals surface area contributed by atoms with Crippen molar-refractivity contribution in [1.29, 1.82) is 0 Å². The zero-order valence-electron chi connectivity index (χ0n) is 15.3. The minimum atomic E-state index is -0.984. The molecule has 0 radical (unpaired) electrons. The predicted molar refractivity (Wildman–Crippen MR) is 102 cm³/mol. The van der Waals surface area contributed by atoms with Gasteiger partial charge in [0.15, 0.2) is 23.4 Å². The minimum Gasteiger partial charge on any atom is -0.493 e. The summed E-state index contributed by atoms with van der Waals surface area (Å²) < 4.78 is 21.5. The number of nitrogens with one attached hydrogen (secondary N) is 1. The maximum Gasteiger partial charge on any atom is 0.335 e. The Balaban J connectivity index is 1.62. The van der Waals surface area contributed by atoms with Crippen molar-refractivity contribution in [3.05, 3.63) is 41.0 Å². The number of aromatic amines is 1. The van der Waals surface area contributed by atoms with Crippen LogP contribution >= 0.6 is 11.8 Å². The predicted octanol–water partition coefficient (Wildman–Crippen LogP) is 3.44. The number of thioether (sulfide) groups is 1. The number of nitrogens with zero attached hydrogens (tertiary/aromatic N) is 1. The van der Waals surface area contributed by atoms with Crippen molar-refractivity contribution < 1.29 is 28.8 Å². The number of rotatable bonds is 6. The summed E-state index contributed by atoms with van der Waals surface area (Å²) in [5.74, 6) is 1.42. The van der Waals surface area contributed by atoms with Gasteiger partial charge in [0, 0.05) is 29.0 Å². The van der Waals surface area contributed by atoms with Gasteiger partial charge in [-0.2, -0.15) is 0 Å². The third-order valence-electron chi connectivity index (χ3n) is 4.36. The summed E-state index contributed by atoms with van der Waals surface area (Å²) in [6, 6.07) is 6.86. The zero-order valence-corrected chi connectivity index (χ0v) is 16.1. The van der Waals surface area contributed by atoms with Crippen molar-refractivity contribution in [1.82, 2.24) is 9.97 Å². The minimum absolute atomic E-state index is 0.154. The monoisotopic (exact) mass is 402 g/mol. The van der Waals surface area contributed by atoms with Crippen LogP contribution in [0.2, 0.25) is 0 Å². The number of carbonyl (C=O) groups is 1. The molecule has 1 aliphatic heterocycles. The van der Waals surface area contributed by atoms with Gasteiger partial charge in [0.1, 0.15) is 5.75 Å². The number of H-pyrrole nitrogens is 1. The molecule has 2 N–H and O–H groups in total. The normalized spacial score (nSPS) is 13.1. The summed E-state index contributed by atoms with van der Waals surface area (Å²) in [7, 11) is 3.16. The van der Waals surface area contributed by atoms with Crippen LogP contribution in [0.4, 0.5) is 0 Å². The molecule has 0 fully saturated rings. The quantitative estimate of drug-likeness (QED) is 0.605. The highest BCUT2D eigenvalue weighted by Crippen LogP contribution is 2.36. The second kappa shape index (κ2) is 7.61. The lowest BCUT2D eigenvalue weighted by Crippen LogP contribution is -2.14. The fourth-order valence-corrected chi connectivity index (χ4v) is 3.91. The maximum absolute atomic E-state index is 11.4. The second-order valence-electron chi connectivity index (χ2n) is 6.09. The van der Waals surface area contributed by atoms with Crippen LogP contribution in [0.1, 0.15) is 21.5 Å². The number of aromatic carboxylic acids is 1. The van der Waals surface area contributed by atoms with Crippen LogP contribution in [0.3, 0.4) is 0 Å². The number of fused-ring (bicyclic) bond motifs is 2. The third kappa shape index (κ3) is 3.46. The average molecular weight is 402 g/mol. The Morgan fingerprint density at radius 2 is 2.04 bits per heavy atom. The zero-order chi connectivity index (χ0) is 19.7. The Bertz CT molecular complexity index is 1010. The Morgan fingerprint density at radius 3 is 2.79 bits per heavy atom. The van der Waals surface area contributed by atoms with E-state index in [9.17, 15) is 9.90 Å². The molecule has 8 nitrogen and oxygen atoms in total. The Morgan fingerprint density at radius 1 is 1.25 bits per heavy atom. The van der Waals surface area contributed by atoms with E-state index in [1.807, 2.05) is 12.1 Å². The van der Waals surface area contributed by atoms with E-state index in [-0.39, 0.29) is 12.4 Å². The fourth-order valence-electron chi connectivity index (χ4n) is 3.06. The van der Waals surface area contributed by atoms with Gasteiger partial charge in [-0.05, 0) is 12.1 Å². The molecule has 3 aromatic rings. The van der Waals surface area contributed by atoms with E-state index in [4.69, 9.17) is 18.9 Å². The summed E-state index contributed by atoms with van der Waals surface area (Å²) in [6.07, 6.45) is 0. The highest BCUT2D eigenvalue weighted by atomic mass is 32.2. The van der Waals surface area contributed by atoms with Crippen LogP contribution < -0.4 is 14.2 Å². The van der Waals surface area contributed by atoms with Crippen molar-refractivity contribution in [3.8, 4) is 17.2 Å². The molecule has 146 valence electrons. The van der Waals surface area contributed by atoms with Crippen LogP contribution in [0.15, 0.2) is 29.4 Å². The molecular weight excluding hydrogens is 384 g/mol. The standard InChI is InChI=1S/C19H18N2O6S/c1-24-15-5-13-14(6-16(15)25-2)21-19(20-13)28-8-12-4-10(18(22)23)3-11-7-26-9-27-17(11)12/h3-6H,7-9H2,1-2H3,(H,20,21)(H,22,23). The van der Waals surface area contributed by atoms with Crippen LogP contribution in [-0.4, -0.2) is 42.1 Å². The van der Waals surface area contributed by atoms with E-state index >= 15 is 0 Å². The molecule has 0 amide bonds. The SMILES string of the molecule is COc1cc2nc(SCc3cc(C(=O)O)cc4c3OCOC4)[nH]c2cc1OC. The molecule has 1 aromatic heterocycles. The van der Waals surface area contributed by atoms with Crippen LogP contribution in [0.5, 0.6) is 17.2 Å². The number of carboxylic acids is 1. The highest BCUT2D eigenvalue weighted by Gasteiger charge is 2.19. The summed E-state index contributed by atoms with van der Waals surface area (Å²) >= 11 is 1.46. The molecule has 0 bridgehead atoms. The maximum atomic E-state index is 11.4. The first-order valence-electron chi connectivity index (χ1n) is 8.43. The highest BCUT2D eigenvalue weighted by molar-refractivity contribution is 7.98. The second-order valence-corrected chi connectivity index (χ2v) is 7.06. The summed E-state index contributed by atoms with van der Waals surface area (Å²) in [5.41, 5.74) is 3.32. The third-order valence-corrected chi connectivity index (χ3v) is 5.29. The molecule has 2 aromatic carbocycles. The van der Waals surface area contributed by atoms with Gasteiger partial charge >= 0.3 is 5.97 Å². The number of carboxylic acid groups (broad SMARTS) is 1. The van der Waals surface area contributed by atoms with Crippen LogP contribution in [0.25, 0.3) is 11.0 Å². The molecule has 9 heteroatoms. The Kier molecular flexibility index (Phi) is 5.01. The molecule has 0 saturated carbocycles. The van der Waals surface area contributed by atoms with Gasteiger partial charge < -0.3 is 29.0 Å². The number of imidazole rings is 1. The first-order chi connectivity index (χ1) is 13.6. The largest absolute Gasteiger partial charge is 0.493 e. The van der Waals surface area contributed by atoms with Gasteiger partial charge in [-0.3, -0.25) is 0 Å². The van der Waals surface area contributed by atoms with E-state index in [1.165, 1.54) is 11.8 Å². The lowest BCUT2D eigenvalue weighted by molar-refractivity contribution is -0.0169. The van der Waals surface area contributed by atoms with Crippen molar-refractivity contribution in [2.75, 3.05) is 21.0 Å². The topological polar surface area (TPSA) is 103 Å². The van der Waals surface area contributed by atoms with Gasteiger partial charge in [-0.1, -0.05) is 11.8 Å². The molecule has 1 aliphatic rings. The molecule has 0 unspecified atom stereocenters. The van der Waals surface area contributed by atoms with E-state index in [1.54, 1.807) is 26.4 Å². The van der Waals surface area contributed by atoms with Gasteiger partial charge in [0.2, 0.25) is 0 Å². The lowest BCUT2D eigenvalue weighted by atomic mass is 10.0. The molecule has 2 heterocycles. The lowest BCUT2D eigenvalue weighted by Gasteiger charge is -2.21. The van der Waals surface area contributed by atoms with E-state index in [0.29, 0.717) is 34.8 Å². The molecule has 4 rings (SSSR count). The molecule has 0 aliphatic carbocycles. The van der Waals surface area contributed by atoms with E-state index in [0.717, 1.165) is 22.2 Å². The molecule has 28 heavy (non-hydrogen) atoms. The van der Waals surface area contributed by atoms with Gasteiger partial charge in [0.05, 0.1) is 37.4 Å². The summed E-state index contributed by atoms with van der Waals surface area (Å²) in [5, 5.41) is 10.1. The first-order valence-corrected chi connectivity index (χ1v) is 9.41. The number of ether oxygens (including phenoxy) is 4. The van der Waals surface area contributed by atoms with Gasteiger partial charge in [0.25, 0.3) is 0 Å². The summed E-state index contributed by atoms with van der Waals surface area (Å²) in [6.45, 7) is 0.486. The van der Waals surface area contributed by atoms with Crippen molar-refractivity contribution in [2.45, 2.75) is 17.5 Å². The van der Waals surface area contributed by atoms with Crippen LogP contribution in [0, 0.1) is 0 Å². The first kappa shape index (κ1) is 18.5. The summed E-state index contributed by atoms with van der Waals surface area (Å²) in [4.78, 5) is 19.2. The molecule has 0 saturated heterocycles. The molecular formula is C19H18N2O6S. The van der Waals surface area contributed by atoms with Crippen LogP contribution in [-0.2, 0) is 17.1 Å². The van der Waals surface area contributed by atoms with Gasteiger partial charge in [-0.15, -0.1) is 0 Å². The average Bonchev–Trinajstić information content (AvgIpc) is 3.12. The number of hydrogen-bond acceptors (Lipinski definition) is 7. The Labute approximate surface area is 164 Å². The smallest absolute Gasteiger partial charge is 0.335 e. The number of aromatic nitrogens is 2. The van der Waals surface area contributed by atoms with Crippen molar-refractivity contribution in [3.63, 3.8) is 0 Å².